The predicted molar refractivity (Wildman–Crippen MR) is 121 cm³/mol. The molecule has 0 aliphatic heterocycles. The topological polar surface area (TPSA) is 65.0 Å². The van der Waals surface area contributed by atoms with Crippen LogP contribution in [0.2, 0.25) is 0 Å². The lowest BCUT2D eigenvalue weighted by Crippen LogP contribution is -2.25. The summed E-state index contributed by atoms with van der Waals surface area (Å²) >= 11 is 0. The number of rotatable bonds is 23. The summed E-state index contributed by atoms with van der Waals surface area (Å²) in [4.78, 5) is 8.76. The van der Waals surface area contributed by atoms with Crippen molar-refractivity contribution in [1.82, 2.24) is 0 Å². The van der Waals surface area contributed by atoms with Gasteiger partial charge in [0.15, 0.2) is 0 Å². The van der Waals surface area contributed by atoms with E-state index in [0.29, 0.717) is 19.8 Å². The SMILES string of the molecule is C=C(C)COC(COCCCCCCCCCCCCCCCC)CO[P+](=O)O. The van der Waals surface area contributed by atoms with Crippen molar-refractivity contribution in [1.29, 1.82) is 0 Å². The van der Waals surface area contributed by atoms with Gasteiger partial charge in [0.25, 0.3) is 0 Å². The second-order valence-corrected chi connectivity index (χ2v) is 8.83. The molecule has 2 atom stereocenters. The van der Waals surface area contributed by atoms with Crippen molar-refractivity contribution >= 4 is 8.25 Å². The molecule has 0 aliphatic rings. The van der Waals surface area contributed by atoms with Gasteiger partial charge in [-0.3, -0.25) is 0 Å². The Morgan fingerprint density at radius 3 is 1.79 bits per heavy atom. The van der Waals surface area contributed by atoms with Crippen molar-refractivity contribution in [2.45, 2.75) is 110 Å². The molecule has 0 aliphatic carbocycles. The third-order valence-corrected chi connectivity index (χ3v) is 5.25. The van der Waals surface area contributed by atoms with Crippen LogP contribution in [-0.2, 0) is 18.6 Å². The van der Waals surface area contributed by atoms with Crippen LogP contribution in [0.25, 0.3) is 0 Å². The number of hydrogen-bond acceptors (Lipinski definition) is 4. The summed E-state index contributed by atoms with van der Waals surface area (Å²) in [5, 5.41) is 0. The van der Waals surface area contributed by atoms with Gasteiger partial charge in [-0.15, -0.1) is 9.42 Å². The fourth-order valence-electron chi connectivity index (χ4n) is 3.16. The molecule has 0 aromatic heterocycles. The first-order chi connectivity index (χ1) is 14.1. The zero-order chi connectivity index (χ0) is 21.6. The Hall–Kier alpha value is -0.320. The maximum absolute atomic E-state index is 10.7. The van der Waals surface area contributed by atoms with E-state index in [0.717, 1.165) is 12.0 Å². The molecule has 0 aromatic carbocycles. The molecule has 1 N–H and O–H groups in total. The highest BCUT2D eigenvalue weighted by Gasteiger charge is 2.19. The molecule has 29 heavy (non-hydrogen) atoms. The monoisotopic (exact) mass is 433 g/mol. The molecule has 0 fully saturated rings. The summed E-state index contributed by atoms with van der Waals surface area (Å²) in [6.45, 7) is 9.45. The summed E-state index contributed by atoms with van der Waals surface area (Å²) in [7, 11) is -2.61. The van der Waals surface area contributed by atoms with Crippen molar-refractivity contribution in [2.75, 3.05) is 26.4 Å². The summed E-state index contributed by atoms with van der Waals surface area (Å²) < 4.78 is 26.7. The van der Waals surface area contributed by atoms with Gasteiger partial charge in [0, 0.05) is 11.2 Å². The quantitative estimate of drug-likeness (QED) is 0.106. The Kier molecular flexibility index (Phi) is 22.1. The maximum Gasteiger partial charge on any atom is 0.694 e. The van der Waals surface area contributed by atoms with Crippen LogP contribution in [0.3, 0.4) is 0 Å². The van der Waals surface area contributed by atoms with Crippen molar-refractivity contribution in [3.05, 3.63) is 12.2 Å². The van der Waals surface area contributed by atoms with Crippen LogP contribution in [0.4, 0.5) is 0 Å². The fourth-order valence-corrected chi connectivity index (χ4v) is 3.46. The van der Waals surface area contributed by atoms with Gasteiger partial charge in [-0.2, -0.15) is 0 Å². The van der Waals surface area contributed by atoms with Gasteiger partial charge in [0.1, 0.15) is 12.7 Å². The Morgan fingerprint density at radius 1 is 0.862 bits per heavy atom. The largest absolute Gasteiger partial charge is 0.694 e. The molecular weight excluding hydrogens is 387 g/mol. The highest BCUT2D eigenvalue weighted by atomic mass is 31.1. The van der Waals surface area contributed by atoms with Crippen molar-refractivity contribution in [3.8, 4) is 0 Å². The van der Waals surface area contributed by atoms with Gasteiger partial charge < -0.3 is 9.47 Å². The number of hydrogen-bond donors (Lipinski definition) is 1. The van der Waals surface area contributed by atoms with Crippen LogP contribution in [0.5, 0.6) is 0 Å². The first-order valence-corrected chi connectivity index (χ1v) is 12.8. The van der Waals surface area contributed by atoms with Crippen LogP contribution >= 0.6 is 8.25 Å². The van der Waals surface area contributed by atoms with Crippen LogP contribution in [0.1, 0.15) is 104 Å². The Morgan fingerprint density at radius 2 is 1.34 bits per heavy atom. The average Bonchev–Trinajstić information content (AvgIpc) is 2.68. The minimum Gasteiger partial charge on any atom is -0.379 e. The van der Waals surface area contributed by atoms with Gasteiger partial charge in [-0.05, 0) is 13.3 Å². The molecule has 0 aromatic rings. The lowest BCUT2D eigenvalue weighted by Gasteiger charge is -2.15. The molecule has 0 heterocycles. The third-order valence-electron chi connectivity index (χ3n) is 4.88. The van der Waals surface area contributed by atoms with E-state index >= 15 is 0 Å². The van der Waals surface area contributed by atoms with E-state index in [-0.39, 0.29) is 12.7 Å². The summed E-state index contributed by atoms with van der Waals surface area (Å²) in [6, 6.07) is 0. The Balaban J connectivity index is 3.42. The van der Waals surface area contributed by atoms with Gasteiger partial charge in [0.05, 0.1) is 13.2 Å². The molecule has 0 rings (SSSR count). The summed E-state index contributed by atoms with van der Waals surface area (Å²) in [5.41, 5.74) is 0.898. The molecule has 6 heteroatoms. The zero-order valence-corrected chi connectivity index (χ0v) is 19.9. The van der Waals surface area contributed by atoms with E-state index in [4.69, 9.17) is 18.9 Å². The van der Waals surface area contributed by atoms with Gasteiger partial charge in [0.2, 0.25) is 0 Å². The highest BCUT2D eigenvalue weighted by Crippen LogP contribution is 2.16. The normalized spacial score (nSPS) is 12.9. The molecule has 0 saturated carbocycles. The zero-order valence-electron chi connectivity index (χ0n) is 19.0. The first-order valence-electron chi connectivity index (χ1n) is 11.7. The van der Waals surface area contributed by atoms with Gasteiger partial charge in [-0.25, -0.2) is 0 Å². The second-order valence-electron chi connectivity index (χ2n) is 8.09. The van der Waals surface area contributed by atoms with E-state index in [1.807, 2.05) is 6.92 Å². The van der Waals surface area contributed by atoms with Gasteiger partial charge >= 0.3 is 8.25 Å². The molecule has 0 saturated heterocycles. The van der Waals surface area contributed by atoms with E-state index < -0.39 is 8.25 Å². The lowest BCUT2D eigenvalue weighted by atomic mass is 10.0. The van der Waals surface area contributed by atoms with Gasteiger partial charge in [-0.1, -0.05) is 103 Å². The third kappa shape index (κ3) is 23.8. The molecule has 0 spiro atoms. The Labute approximate surface area is 180 Å². The van der Waals surface area contributed by atoms with Crippen LogP contribution < -0.4 is 0 Å². The summed E-state index contributed by atoms with van der Waals surface area (Å²) in [6.07, 6.45) is 18.4. The van der Waals surface area contributed by atoms with Crippen LogP contribution in [0.15, 0.2) is 12.2 Å². The molecule has 0 radical (unpaired) electrons. The minimum atomic E-state index is -2.61. The fraction of sp³-hybridized carbons (Fsp3) is 0.913. The van der Waals surface area contributed by atoms with Crippen LogP contribution in [-0.4, -0.2) is 37.4 Å². The Bertz CT molecular complexity index is 371. The molecule has 5 nitrogen and oxygen atoms in total. The predicted octanol–water partition coefficient (Wildman–Crippen LogP) is 7.11. The summed E-state index contributed by atoms with van der Waals surface area (Å²) in [5.74, 6) is 0. The molecular formula is C23H46O5P+. The number of ether oxygens (including phenoxy) is 2. The van der Waals surface area contributed by atoms with Crippen molar-refractivity contribution in [2.24, 2.45) is 0 Å². The highest BCUT2D eigenvalue weighted by molar-refractivity contribution is 7.32. The molecule has 0 bridgehead atoms. The average molecular weight is 434 g/mol. The van der Waals surface area contributed by atoms with E-state index in [9.17, 15) is 4.57 Å². The van der Waals surface area contributed by atoms with E-state index in [2.05, 4.69) is 13.5 Å². The smallest absolute Gasteiger partial charge is 0.379 e. The first kappa shape index (κ1) is 28.7. The van der Waals surface area contributed by atoms with E-state index in [1.165, 1.54) is 83.5 Å². The second kappa shape index (κ2) is 22.4. The molecule has 172 valence electrons. The van der Waals surface area contributed by atoms with Crippen molar-refractivity contribution < 1.29 is 23.5 Å². The lowest BCUT2D eigenvalue weighted by molar-refractivity contribution is -0.0303. The minimum absolute atomic E-state index is 0.0533. The number of unbranched alkanes of at least 4 members (excludes halogenated alkanes) is 13. The van der Waals surface area contributed by atoms with Crippen molar-refractivity contribution in [3.63, 3.8) is 0 Å². The standard InChI is InChI=1S/C23H45O5P/c1-4-5-6-7-8-9-10-11-12-13-14-15-16-17-18-26-20-23(21-28-29(24)25)27-19-22(2)3/h23H,2,4-21H2,1,3H3/p+1. The van der Waals surface area contributed by atoms with Crippen LogP contribution in [0, 0.1) is 0 Å². The maximum atomic E-state index is 10.7. The molecule has 2 unspecified atom stereocenters. The van der Waals surface area contributed by atoms with E-state index in [1.54, 1.807) is 0 Å². The molecule has 0 amide bonds.